The van der Waals surface area contributed by atoms with E-state index in [9.17, 15) is 31.5 Å². The average Bonchev–Trinajstić information content (AvgIpc) is 2.66. The van der Waals surface area contributed by atoms with Crippen molar-refractivity contribution in [2.45, 2.75) is 57.2 Å². The Kier molecular flexibility index (Phi) is 7.46. The molecule has 0 radical (unpaired) electrons. The maximum atomic E-state index is 13.6. The quantitative estimate of drug-likeness (QED) is 0.605. The van der Waals surface area contributed by atoms with Crippen LogP contribution in [0.1, 0.15) is 45.2 Å². The van der Waals surface area contributed by atoms with Crippen molar-refractivity contribution in [2.75, 3.05) is 11.1 Å². The van der Waals surface area contributed by atoms with E-state index in [2.05, 4.69) is 5.32 Å². The summed E-state index contributed by atoms with van der Waals surface area (Å²) in [5, 5.41) is 13.1. The van der Waals surface area contributed by atoms with Crippen LogP contribution in [-0.4, -0.2) is 31.4 Å². The van der Waals surface area contributed by atoms with Gasteiger partial charge in [0.1, 0.15) is 0 Å². The minimum absolute atomic E-state index is 0.0257. The van der Waals surface area contributed by atoms with E-state index < -0.39 is 39.4 Å². The molecule has 0 aliphatic carbocycles. The van der Waals surface area contributed by atoms with Gasteiger partial charge in [0.2, 0.25) is 5.91 Å². The monoisotopic (exact) mass is 471 g/mol. The fraction of sp³-hybridized carbons (Fsp3) is 0.435. The first-order chi connectivity index (χ1) is 14.6. The Bertz CT molecular complexity index is 1040. The summed E-state index contributed by atoms with van der Waals surface area (Å²) >= 11 is 0. The lowest BCUT2D eigenvalue weighted by molar-refractivity contribution is -0.276. The van der Waals surface area contributed by atoms with Crippen molar-refractivity contribution >= 4 is 21.4 Å². The van der Waals surface area contributed by atoms with Crippen molar-refractivity contribution < 1.29 is 31.5 Å². The highest BCUT2D eigenvalue weighted by molar-refractivity contribution is 7.91. The number of benzene rings is 2. The highest BCUT2D eigenvalue weighted by Crippen LogP contribution is 2.46. The molecule has 0 saturated carbocycles. The first-order valence-corrected chi connectivity index (χ1v) is 11.7. The van der Waals surface area contributed by atoms with Gasteiger partial charge in [-0.25, -0.2) is 8.42 Å². The van der Waals surface area contributed by atoms with Gasteiger partial charge in [0.15, 0.2) is 15.4 Å². The maximum absolute atomic E-state index is 13.6. The van der Waals surface area contributed by atoms with E-state index >= 15 is 0 Å². The van der Waals surface area contributed by atoms with E-state index in [-0.39, 0.29) is 28.3 Å². The van der Waals surface area contributed by atoms with Crippen molar-refractivity contribution in [3.63, 3.8) is 0 Å². The van der Waals surface area contributed by atoms with Gasteiger partial charge in [-0.1, -0.05) is 52.0 Å². The maximum Gasteiger partial charge on any atom is 0.421 e. The summed E-state index contributed by atoms with van der Waals surface area (Å²) in [6, 6.07) is 10.9. The zero-order valence-electron chi connectivity index (χ0n) is 18.5. The molecule has 176 valence electrons. The van der Waals surface area contributed by atoms with Crippen LogP contribution >= 0.6 is 0 Å². The van der Waals surface area contributed by atoms with Crippen molar-refractivity contribution in [3.8, 4) is 0 Å². The lowest BCUT2D eigenvalue weighted by Crippen LogP contribution is -2.45. The fourth-order valence-corrected chi connectivity index (χ4v) is 4.22. The normalized spacial score (nSPS) is 14.6. The molecule has 0 spiro atoms. The van der Waals surface area contributed by atoms with Gasteiger partial charge in [-0.3, -0.25) is 4.79 Å². The van der Waals surface area contributed by atoms with Crippen LogP contribution in [-0.2, 0) is 26.7 Å². The molecule has 0 aliphatic heterocycles. The molecule has 2 N–H and O–H groups in total. The van der Waals surface area contributed by atoms with E-state index in [1.54, 1.807) is 39.8 Å². The Morgan fingerprint density at radius 3 is 1.94 bits per heavy atom. The summed E-state index contributed by atoms with van der Waals surface area (Å²) < 4.78 is 64.6. The molecule has 0 bridgehead atoms. The van der Waals surface area contributed by atoms with E-state index in [0.29, 0.717) is 5.56 Å². The predicted octanol–water partition coefficient (Wildman–Crippen LogP) is 4.85. The number of rotatable bonds is 7. The molecular formula is C23H28F3NO4S. The third-order valence-electron chi connectivity index (χ3n) is 4.93. The molecule has 2 aromatic carbocycles. The Morgan fingerprint density at radius 1 is 0.969 bits per heavy atom. The SMILES string of the molecule is CCS(=O)(=O)c1ccc(CC(=O)Nc2ccc(C(O)(CC(C)(C)C)C(F)(F)F)cc2)cc1. The number of aliphatic hydroxyl groups is 1. The predicted molar refractivity (Wildman–Crippen MR) is 117 cm³/mol. The zero-order valence-corrected chi connectivity index (χ0v) is 19.3. The Morgan fingerprint density at radius 2 is 1.50 bits per heavy atom. The van der Waals surface area contributed by atoms with E-state index in [1.165, 1.54) is 24.3 Å². The van der Waals surface area contributed by atoms with Crippen LogP contribution in [0.25, 0.3) is 0 Å². The number of carbonyl (C=O) groups excluding carboxylic acids is 1. The van der Waals surface area contributed by atoms with Crippen LogP contribution in [0.2, 0.25) is 0 Å². The smallest absolute Gasteiger partial charge is 0.376 e. The largest absolute Gasteiger partial charge is 0.421 e. The third kappa shape index (κ3) is 6.32. The van der Waals surface area contributed by atoms with Gasteiger partial charge in [-0.05, 0) is 47.2 Å². The van der Waals surface area contributed by atoms with Gasteiger partial charge in [0.05, 0.1) is 17.1 Å². The molecule has 0 saturated heterocycles. The van der Waals surface area contributed by atoms with Crippen LogP contribution in [0.5, 0.6) is 0 Å². The van der Waals surface area contributed by atoms with Crippen LogP contribution in [0.15, 0.2) is 53.4 Å². The molecule has 32 heavy (non-hydrogen) atoms. The average molecular weight is 472 g/mol. The first kappa shape index (κ1) is 25.9. The summed E-state index contributed by atoms with van der Waals surface area (Å²) in [7, 11) is -3.33. The molecule has 1 amide bonds. The molecule has 1 unspecified atom stereocenters. The molecule has 5 nitrogen and oxygen atoms in total. The number of amides is 1. The standard InChI is InChI=1S/C23H28F3NO4S/c1-5-32(30,31)19-12-6-16(7-13-19)14-20(28)27-18-10-8-17(9-11-18)22(29,23(24,25)26)15-21(2,3)4/h6-13,29H,5,14-15H2,1-4H3,(H,27,28). The number of carbonyl (C=O) groups is 1. The topological polar surface area (TPSA) is 83.5 Å². The number of alkyl halides is 3. The lowest BCUT2D eigenvalue weighted by atomic mass is 9.77. The van der Waals surface area contributed by atoms with Gasteiger partial charge in [0, 0.05) is 5.69 Å². The van der Waals surface area contributed by atoms with E-state index in [0.717, 1.165) is 12.1 Å². The minimum atomic E-state index is -4.86. The van der Waals surface area contributed by atoms with Gasteiger partial charge in [0.25, 0.3) is 0 Å². The molecule has 0 aromatic heterocycles. The van der Waals surface area contributed by atoms with Gasteiger partial charge >= 0.3 is 6.18 Å². The van der Waals surface area contributed by atoms with Crippen molar-refractivity contribution in [3.05, 3.63) is 59.7 Å². The molecule has 9 heteroatoms. The first-order valence-electron chi connectivity index (χ1n) is 10.1. The summed E-state index contributed by atoms with van der Waals surface area (Å²) in [4.78, 5) is 12.5. The molecular weight excluding hydrogens is 443 g/mol. The van der Waals surface area contributed by atoms with Crippen LogP contribution in [0, 0.1) is 5.41 Å². The molecule has 0 aliphatic rings. The third-order valence-corrected chi connectivity index (χ3v) is 6.68. The van der Waals surface area contributed by atoms with Gasteiger partial charge in [-0.2, -0.15) is 13.2 Å². The molecule has 1 atom stereocenters. The second-order valence-corrected chi connectivity index (χ2v) is 11.2. The Labute approximate surface area is 186 Å². The summed E-state index contributed by atoms with van der Waals surface area (Å²) in [6.07, 6.45) is -5.41. The van der Waals surface area contributed by atoms with Crippen LogP contribution in [0.3, 0.4) is 0 Å². The number of hydrogen-bond donors (Lipinski definition) is 2. The van der Waals surface area contributed by atoms with Gasteiger partial charge in [-0.15, -0.1) is 0 Å². The van der Waals surface area contributed by atoms with Gasteiger partial charge < -0.3 is 10.4 Å². The highest BCUT2D eigenvalue weighted by Gasteiger charge is 2.56. The summed E-state index contributed by atoms with van der Waals surface area (Å²) in [5.74, 6) is -0.438. The number of hydrogen-bond acceptors (Lipinski definition) is 4. The second kappa shape index (κ2) is 9.23. The summed E-state index contributed by atoms with van der Waals surface area (Å²) in [6.45, 7) is 6.38. The Balaban J connectivity index is 2.12. The fourth-order valence-electron chi connectivity index (χ4n) is 3.33. The molecule has 2 rings (SSSR count). The number of sulfone groups is 1. The minimum Gasteiger partial charge on any atom is -0.376 e. The number of anilines is 1. The van der Waals surface area contributed by atoms with Crippen molar-refractivity contribution in [1.82, 2.24) is 0 Å². The van der Waals surface area contributed by atoms with Crippen molar-refractivity contribution in [1.29, 1.82) is 0 Å². The van der Waals surface area contributed by atoms with Crippen molar-refractivity contribution in [2.24, 2.45) is 5.41 Å². The van der Waals surface area contributed by atoms with E-state index in [1.807, 2.05) is 0 Å². The zero-order chi connectivity index (χ0) is 24.4. The number of nitrogens with one attached hydrogen (secondary N) is 1. The summed E-state index contributed by atoms with van der Waals surface area (Å²) in [5.41, 5.74) is -3.21. The second-order valence-electron chi connectivity index (χ2n) is 8.95. The molecule has 2 aromatic rings. The number of halogens is 3. The highest BCUT2D eigenvalue weighted by atomic mass is 32.2. The molecule has 0 fully saturated rings. The van der Waals surface area contributed by atoms with E-state index in [4.69, 9.17) is 0 Å². The van der Waals surface area contributed by atoms with Crippen LogP contribution in [0.4, 0.5) is 18.9 Å². The van der Waals surface area contributed by atoms with Crippen LogP contribution < -0.4 is 5.32 Å². The molecule has 0 heterocycles. The Hall–Kier alpha value is -2.39. The lowest BCUT2D eigenvalue weighted by Gasteiger charge is -2.36.